The summed E-state index contributed by atoms with van der Waals surface area (Å²) in [5, 5.41) is 7.90. The topological polar surface area (TPSA) is 4.93 Å². The van der Waals surface area contributed by atoms with Crippen molar-refractivity contribution >= 4 is 64.1 Å². The van der Waals surface area contributed by atoms with Crippen LogP contribution in [-0.4, -0.2) is 4.57 Å². The van der Waals surface area contributed by atoms with E-state index in [1.165, 1.54) is 80.7 Å². The zero-order valence-electron chi connectivity index (χ0n) is 22.8. The third-order valence-corrected chi connectivity index (χ3v) is 9.78. The molecule has 0 aliphatic heterocycles. The van der Waals surface area contributed by atoms with E-state index in [0.29, 0.717) is 0 Å². The Hall–Kier alpha value is -5.18. The van der Waals surface area contributed by atoms with Gasteiger partial charge < -0.3 is 4.57 Å². The van der Waals surface area contributed by atoms with Gasteiger partial charge in [0.1, 0.15) is 0 Å². The Morgan fingerprint density at radius 3 is 1.71 bits per heavy atom. The Morgan fingerprint density at radius 2 is 0.976 bits per heavy atom. The Kier molecular flexibility index (Phi) is 5.13. The number of rotatable bonds is 3. The molecule has 2 heterocycles. The van der Waals surface area contributed by atoms with Crippen LogP contribution in [0.4, 0.5) is 0 Å². The van der Waals surface area contributed by atoms with Crippen LogP contribution < -0.4 is 0 Å². The molecule has 0 unspecified atom stereocenters. The first kappa shape index (κ1) is 23.5. The number of benzene rings is 7. The van der Waals surface area contributed by atoms with Crippen molar-refractivity contribution in [2.24, 2.45) is 0 Å². The molecule has 0 radical (unpaired) electrons. The predicted molar refractivity (Wildman–Crippen MR) is 182 cm³/mol. The highest BCUT2D eigenvalue weighted by Crippen LogP contribution is 2.48. The molecule has 0 N–H and O–H groups in total. The molecule has 0 spiro atoms. The van der Waals surface area contributed by atoms with Crippen LogP contribution in [0.15, 0.2) is 152 Å². The first-order valence-electron chi connectivity index (χ1n) is 14.4. The van der Waals surface area contributed by atoms with Gasteiger partial charge in [0, 0.05) is 42.0 Å². The van der Waals surface area contributed by atoms with Gasteiger partial charge in [0.2, 0.25) is 0 Å². The Labute approximate surface area is 247 Å². The standard InChI is InChI=1S/C40H25NS/c1-3-11-26(12-4-1)28-19-22-30(23-20-28)41-35-24-21-29(27-13-5-2-6-14-27)25-34(35)37-31-15-7-8-16-32(31)40-38(39(37)41)33-17-9-10-18-36(33)42-40/h1-25H. The number of nitrogens with zero attached hydrogens (tertiary/aromatic N) is 1. The molecule has 0 amide bonds. The van der Waals surface area contributed by atoms with Gasteiger partial charge in [0.05, 0.1) is 11.0 Å². The van der Waals surface area contributed by atoms with Crippen LogP contribution in [0.1, 0.15) is 0 Å². The molecule has 9 aromatic rings. The average Bonchev–Trinajstić information content (AvgIpc) is 3.62. The molecule has 42 heavy (non-hydrogen) atoms. The summed E-state index contributed by atoms with van der Waals surface area (Å²) in [4.78, 5) is 0. The van der Waals surface area contributed by atoms with Crippen LogP contribution in [0.2, 0.25) is 0 Å². The summed E-state index contributed by atoms with van der Waals surface area (Å²) < 4.78 is 5.18. The number of hydrogen-bond acceptors (Lipinski definition) is 1. The molecule has 0 saturated heterocycles. The second-order valence-corrected chi connectivity index (χ2v) is 12.0. The second-order valence-electron chi connectivity index (χ2n) is 10.9. The smallest absolute Gasteiger partial charge is 0.0640 e. The summed E-state index contributed by atoms with van der Waals surface area (Å²) in [6, 6.07) is 55.2. The first-order valence-corrected chi connectivity index (χ1v) is 15.2. The van der Waals surface area contributed by atoms with E-state index >= 15 is 0 Å². The van der Waals surface area contributed by atoms with Crippen LogP contribution in [0.25, 0.3) is 80.7 Å². The fourth-order valence-electron chi connectivity index (χ4n) is 6.68. The number of aromatic nitrogens is 1. The summed E-state index contributed by atoms with van der Waals surface area (Å²) in [6.45, 7) is 0. The minimum atomic E-state index is 1.18. The molecule has 0 fully saturated rings. The molecule has 0 aliphatic carbocycles. The highest BCUT2D eigenvalue weighted by Gasteiger charge is 2.22. The largest absolute Gasteiger partial charge is 0.309 e. The van der Waals surface area contributed by atoms with Gasteiger partial charge in [-0.15, -0.1) is 11.3 Å². The molecule has 2 heteroatoms. The van der Waals surface area contributed by atoms with E-state index in [2.05, 4.69) is 156 Å². The molecule has 0 aliphatic rings. The van der Waals surface area contributed by atoms with Crippen LogP contribution in [0.5, 0.6) is 0 Å². The Morgan fingerprint density at radius 1 is 0.405 bits per heavy atom. The van der Waals surface area contributed by atoms with Gasteiger partial charge in [0.15, 0.2) is 0 Å². The summed E-state index contributed by atoms with van der Waals surface area (Å²) in [5.74, 6) is 0. The molecule has 196 valence electrons. The van der Waals surface area contributed by atoms with Gasteiger partial charge in [-0.3, -0.25) is 0 Å². The van der Waals surface area contributed by atoms with Crippen LogP contribution in [-0.2, 0) is 0 Å². The van der Waals surface area contributed by atoms with E-state index < -0.39 is 0 Å². The van der Waals surface area contributed by atoms with Gasteiger partial charge in [0.25, 0.3) is 0 Å². The summed E-state index contributed by atoms with van der Waals surface area (Å²) in [5.41, 5.74) is 8.62. The van der Waals surface area contributed by atoms with Crippen LogP contribution >= 0.6 is 11.3 Å². The number of hydrogen-bond donors (Lipinski definition) is 0. The quantitative estimate of drug-likeness (QED) is 0.206. The summed E-state index contributed by atoms with van der Waals surface area (Å²) >= 11 is 1.91. The molecule has 0 bridgehead atoms. The van der Waals surface area contributed by atoms with Crippen molar-refractivity contribution in [2.75, 3.05) is 0 Å². The minimum absolute atomic E-state index is 1.18. The average molecular weight is 552 g/mol. The second kappa shape index (κ2) is 9.17. The van der Waals surface area contributed by atoms with E-state index in [9.17, 15) is 0 Å². The minimum Gasteiger partial charge on any atom is -0.309 e. The molecule has 2 aromatic heterocycles. The SMILES string of the molecule is c1ccc(-c2ccc(-n3c4ccc(-c5ccccc5)cc4c4c5ccccc5c5sc6ccccc6c5c43)cc2)cc1. The molecule has 7 aromatic carbocycles. The van der Waals surface area contributed by atoms with E-state index in [-0.39, 0.29) is 0 Å². The van der Waals surface area contributed by atoms with Crippen LogP contribution in [0.3, 0.4) is 0 Å². The van der Waals surface area contributed by atoms with Gasteiger partial charge >= 0.3 is 0 Å². The highest BCUT2D eigenvalue weighted by atomic mass is 32.1. The lowest BCUT2D eigenvalue weighted by Gasteiger charge is -2.12. The van der Waals surface area contributed by atoms with E-state index in [1.807, 2.05) is 11.3 Å². The van der Waals surface area contributed by atoms with E-state index in [0.717, 1.165) is 0 Å². The van der Waals surface area contributed by atoms with Crippen molar-refractivity contribution in [1.82, 2.24) is 4.57 Å². The van der Waals surface area contributed by atoms with Crippen molar-refractivity contribution in [3.8, 4) is 27.9 Å². The van der Waals surface area contributed by atoms with Gasteiger partial charge in [-0.25, -0.2) is 0 Å². The van der Waals surface area contributed by atoms with Gasteiger partial charge in [-0.1, -0.05) is 121 Å². The maximum absolute atomic E-state index is 2.50. The first-order chi connectivity index (χ1) is 20.8. The summed E-state index contributed by atoms with van der Waals surface area (Å²) in [6.07, 6.45) is 0. The van der Waals surface area contributed by atoms with Crippen molar-refractivity contribution in [1.29, 1.82) is 0 Å². The normalized spacial score (nSPS) is 11.8. The third-order valence-electron chi connectivity index (χ3n) is 8.58. The fraction of sp³-hybridized carbons (Fsp3) is 0. The van der Waals surface area contributed by atoms with Crippen LogP contribution in [0, 0.1) is 0 Å². The summed E-state index contributed by atoms with van der Waals surface area (Å²) in [7, 11) is 0. The van der Waals surface area contributed by atoms with Gasteiger partial charge in [-0.05, 0) is 58.0 Å². The van der Waals surface area contributed by atoms with Crippen molar-refractivity contribution in [2.45, 2.75) is 0 Å². The predicted octanol–water partition coefficient (Wildman–Crippen LogP) is 11.6. The molecular weight excluding hydrogens is 527 g/mol. The van der Waals surface area contributed by atoms with E-state index in [4.69, 9.17) is 0 Å². The van der Waals surface area contributed by atoms with Gasteiger partial charge in [-0.2, -0.15) is 0 Å². The van der Waals surface area contributed by atoms with Crippen molar-refractivity contribution in [3.05, 3.63) is 152 Å². The van der Waals surface area contributed by atoms with Crippen molar-refractivity contribution < 1.29 is 0 Å². The molecule has 1 nitrogen and oxygen atoms in total. The Balaban J connectivity index is 1.46. The molecule has 0 saturated carbocycles. The van der Waals surface area contributed by atoms with E-state index in [1.54, 1.807) is 0 Å². The number of fused-ring (bicyclic) bond motifs is 10. The maximum atomic E-state index is 2.50. The monoisotopic (exact) mass is 551 g/mol. The molecule has 9 rings (SSSR count). The van der Waals surface area contributed by atoms with Crippen molar-refractivity contribution in [3.63, 3.8) is 0 Å². The molecule has 0 atom stereocenters. The number of thiophene rings is 1. The maximum Gasteiger partial charge on any atom is 0.0640 e. The molecular formula is C40H25NS. The lowest BCUT2D eigenvalue weighted by molar-refractivity contribution is 1.19. The zero-order valence-corrected chi connectivity index (χ0v) is 23.6. The lowest BCUT2D eigenvalue weighted by Crippen LogP contribution is -1.94. The third kappa shape index (κ3) is 3.43. The zero-order chi connectivity index (χ0) is 27.6. The highest BCUT2D eigenvalue weighted by molar-refractivity contribution is 7.27. The lowest BCUT2D eigenvalue weighted by atomic mass is 9.98. The fourth-order valence-corrected chi connectivity index (χ4v) is 7.93. The Bertz CT molecular complexity index is 2430.